The van der Waals surface area contributed by atoms with Crippen molar-refractivity contribution in [3.8, 4) is 0 Å². The van der Waals surface area contributed by atoms with Crippen molar-refractivity contribution in [1.29, 1.82) is 0 Å². The lowest BCUT2D eigenvalue weighted by Crippen LogP contribution is -2.08. The van der Waals surface area contributed by atoms with E-state index in [4.69, 9.17) is 0 Å². The van der Waals surface area contributed by atoms with Gasteiger partial charge in [0.25, 0.3) is 5.56 Å². The highest BCUT2D eigenvalue weighted by Crippen LogP contribution is 2.24. The molecule has 2 aromatic carbocycles. The van der Waals surface area contributed by atoms with Gasteiger partial charge in [0.1, 0.15) is 0 Å². The van der Waals surface area contributed by atoms with Crippen LogP contribution in [0.25, 0.3) is 21.7 Å². The van der Waals surface area contributed by atoms with Gasteiger partial charge in [0.05, 0.1) is 5.39 Å². The first-order valence-corrected chi connectivity index (χ1v) is 5.69. The molecular weight excluding hydrogens is 210 g/mol. The van der Waals surface area contributed by atoms with Crippen LogP contribution in [0, 0.1) is 13.8 Å². The van der Waals surface area contributed by atoms with Gasteiger partial charge in [-0.3, -0.25) is 4.79 Å². The van der Waals surface area contributed by atoms with Gasteiger partial charge in [-0.15, -0.1) is 0 Å². The molecule has 0 radical (unpaired) electrons. The van der Waals surface area contributed by atoms with Crippen LogP contribution >= 0.6 is 0 Å². The molecule has 1 N–H and O–H groups in total. The Labute approximate surface area is 98.9 Å². The maximum atomic E-state index is 12.1. The third kappa shape index (κ3) is 1.45. The molecule has 0 aliphatic rings. The third-order valence-electron chi connectivity index (χ3n) is 3.17. The number of aromatic nitrogens is 1. The molecule has 17 heavy (non-hydrogen) atoms. The monoisotopic (exact) mass is 223 g/mol. The number of fused-ring (bicyclic) bond motifs is 3. The Morgan fingerprint density at radius 3 is 2.59 bits per heavy atom. The summed E-state index contributed by atoms with van der Waals surface area (Å²) in [6, 6.07) is 12.1. The van der Waals surface area contributed by atoms with Crippen molar-refractivity contribution >= 4 is 21.7 Å². The molecular formula is C15H13NO. The van der Waals surface area contributed by atoms with E-state index in [0.29, 0.717) is 0 Å². The lowest BCUT2D eigenvalue weighted by atomic mass is 10.0. The standard InChI is InChI=1S/C15H13NO/c1-9-7-10(2)14-12(8-9)11-5-3-4-6-13(11)16-15(14)17/h3-8H,1-2H3,(H,16,17). The quantitative estimate of drug-likeness (QED) is 0.583. The fourth-order valence-electron chi connectivity index (χ4n) is 2.49. The Kier molecular flexibility index (Phi) is 2.05. The Hall–Kier alpha value is -2.09. The highest BCUT2D eigenvalue weighted by atomic mass is 16.1. The van der Waals surface area contributed by atoms with Crippen LogP contribution in [-0.2, 0) is 0 Å². The van der Waals surface area contributed by atoms with Gasteiger partial charge in [-0.1, -0.05) is 35.9 Å². The normalized spacial score (nSPS) is 11.2. The first-order valence-electron chi connectivity index (χ1n) is 5.69. The lowest BCUT2D eigenvalue weighted by Gasteiger charge is -2.07. The summed E-state index contributed by atoms with van der Waals surface area (Å²) < 4.78 is 0. The largest absolute Gasteiger partial charge is 0.321 e. The topological polar surface area (TPSA) is 32.9 Å². The Bertz CT molecular complexity index is 784. The van der Waals surface area contributed by atoms with Gasteiger partial charge in [0.15, 0.2) is 0 Å². The van der Waals surface area contributed by atoms with Gasteiger partial charge in [0, 0.05) is 10.9 Å². The molecule has 1 aromatic heterocycles. The zero-order valence-electron chi connectivity index (χ0n) is 9.87. The van der Waals surface area contributed by atoms with Crippen LogP contribution in [0.3, 0.4) is 0 Å². The number of H-pyrrole nitrogens is 1. The van der Waals surface area contributed by atoms with E-state index in [-0.39, 0.29) is 5.56 Å². The molecule has 0 atom stereocenters. The highest BCUT2D eigenvalue weighted by Gasteiger charge is 2.07. The van der Waals surface area contributed by atoms with Gasteiger partial charge >= 0.3 is 0 Å². The van der Waals surface area contributed by atoms with Crippen LogP contribution in [0.1, 0.15) is 11.1 Å². The molecule has 0 fully saturated rings. The molecule has 0 spiro atoms. The Morgan fingerprint density at radius 2 is 1.76 bits per heavy atom. The fraction of sp³-hybridized carbons (Fsp3) is 0.133. The second-order valence-corrected chi connectivity index (χ2v) is 4.50. The summed E-state index contributed by atoms with van der Waals surface area (Å²) in [5.41, 5.74) is 3.11. The molecule has 84 valence electrons. The molecule has 0 saturated carbocycles. The summed E-state index contributed by atoms with van der Waals surface area (Å²) in [5.74, 6) is 0. The second-order valence-electron chi connectivity index (χ2n) is 4.50. The minimum absolute atomic E-state index is 0.00352. The Balaban J connectivity index is 2.70. The molecule has 0 saturated heterocycles. The first kappa shape index (κ1) is 10.1. The number of rotatable bonds is 0. The minimum atomic E-state index is -0.00352. The van der Waals surface area contributed by atoms with Gasteiger partial charge in [-0.2, -0.15) is 0 Å². The minimum Gasteiger partial charge on any atom is -0.321 e. The van der Waals surface area contributed by atoms with E-state index >= 15 is 0 Å². The third-order valence-corrected chi connectivity index (χ3v) is 3.17. The Morgan fingerprint density at radius 1 is 1.00 bits per heavy atom. The number of hydrogen-bond donors (Lipinski definition) is 1. The number of para-hydroxylation sites is 1. The van der Waals surface area contributed by atoms with E-state index in [1.165, 1.54) is 5.56 Å². The molecule has 3 aromatic rings. The molecule has 2 heteroatoms. The number of pyridine rings is 1. The summed E-state index contributed by atoms with van der Waals surface area (Å²) in [5, 5.41) is 2.95. The number of benzene rings is 2. The number of aromatic amines is 1. The van der Waals surface area contributed by atoms with Gasteiger partial charge in [-0.05, 0) is 30.9 Å². The highest BCUT2D eigenvalue weighted by molar-refractivity contribution is 6.06. The van der Waals surface area contributed by atoms with E-state index in [0.717, 1.165) is 27.2 Å². The summed E-state index contributed by atoms with van der Waals surface area (Å²) in [6.45, 7) is 4.04. The summed E-state index contributed by atoms with van der Waals surface area (Å²) >= 11 is 0. The molecule has 1 heterocycles. The average molecular weight is 223 g/mol. The van der Waals surface area contributed by atoms with E-state index in [2.05, 4.69) is 18.0 Å². The van der Waals surface area contributed by atoms with Crippen LogP contribution in [0.4, 0.5) is 0 Å². The van der Waals surface area contributed by atoms with Crippen molar-refractivity contribution in [3.05, 3.63) is 57.9 Å². The number of hydrogen-bond acceptors (Lipinski definition) is 1. The van der Waals surface area contributed by atoms with Crippen LogP contribution in [0.5, 0.6) is 0 Å². The first-order chi connectivity index (χ1) is 8.16. The van der Waals surface area contributed by atoms with Gasteiger partial charge in [-0.25, -0.2) is 0 Å². The number of nitrogens with one attached hydrogen (secondary N) is 1. The van der Waals surface area contributed by atoms with Crippen LogP contribution < -0.4 is 5.56 Å². The molecule has 0 bridgehead atoms. The maximum absolute atomic E-state index is 12.1. The van der Waals surface area contributed by atoms with Crippen molar-refractivity contribution < 1.29 is 0 Å². The lowest BCUT2D eigenvalue weighted by molar-refractivity contribution is 1.32. The van der Waals surface area contributed by atoms with Crippen molar-refractivity contribution in [2.24, 2.45) is 0 Å². The van der Waals surface area contributed by atoms with Crippen LogP contribution in [0.2, 0.25) is 0 Å². The predicted molar refractivity (Wildman–Crippen MR) is 71.5 cm³/mol. The van der Waals surface area contributed by atoms with Gasteiger partial charge < -0.3 is 4.98 Å². The molecule has 0 aliphatic heterocycles. The van der Waals surface area contributed by atoms with E-state index in [9.17, 15) is 4.79 Å². The molecule has 0 aliphatic carbocycles. The van der Waals surface area contributed by atoms with Crippen LogP contribution in [0.15, 0.2) is 41.2 Å². The molecule has 0 unspecified atom stereocenters. The smallest absolute Gasteiger partial charge is 0.256 e. The average Bonchev–Trinajstić information content (AvgIpc) is 2.28. The maximum Gasteiger partial charge on any atom is 0.256 e. The van der Waals surface area contributed by atoms with Crippen molar-refractivity contribution in [1.82, 2.24) is 4.98 Å². The zero-order valence-corrected chi connectivity index (χ0v) is 9.87. The van der Waals surface area contributed by atoms with Crippen molar-refractivity contribution in [2.75, 3.05) is 0 Å². The van der Waals surface area contributed by atoms with E-state index in [1.807, 2.05) is 37.3 Å². The summed E-state index contributed by atoms with van der Waals surface area (Å²) in [4.78, 5) is 15.0. The van der Waals surface area contributed by atoms with Crippen molar-refractivity contribution in [2.45, 2.75) is 13.8 Å². The van der Waals surface area contributed by atoms with E-state index in [1.54, 1.807) is 0 Å². The van der Waals surface area contributed by atoms with Gasteiger partial charge in [0.2, 0.25) is 0 Å². The molecule has 3 rings (SSSR count). The fourth-order valence-corrected chi connectivity index (χ4v) is 2.49. The van der Waals surface area contributed by atoms with E-state index < -0.39 is 0 Å². The summed E-state index contributed by atoms with van der Waals surface area (Å²) in [7, 11) is 0. The second kappa shape index (κ2) is 3.45. The SMILES string of the molecule is Cc1cc(C)c2c(=O)[nH]c3ccccc3c2c1. The van der Waals surface area contributed by atoms with Crippen molar-refractivity contribution in [3.63, 3.8) is 0 Å². The number of aryl methyl sites for hydroxylation is 2. The zero-order chi connectivity index (χ0) is 12.0. The van der Waals surface area contributed by atoms with Crippen LogP contribution in [-0.4, -0.2) is 4.98 Å². The molecule has 2 nitrogen and oxygen atoms in total. The molecule has 0 amide bonds. The predicted octanol–water partition coefficient (Wildman–Crippen LogP) is 3.30. The summed E-state index contributed by atoms with van der Waals surface area (Å²) in [6.07, 6.45) is 0.